The number of para-hydroxylation sites is 2. The van der Waals surface area contributed by atoms with Crippen LogP contribution in [0.25, 0.3) is 0 Å². The summed E-state index contributed by atoms with van der Waals surface area (Å²) in [6.45, 7) is 4.03. The molecule has 9 heteroatoms. The molecule has 0 heterocycles. The number of amides is 2. The van der Waals surface area contributed by atoms with Crippen molar-refractivity contribution in [3.05, 3.63) is 59.9 Å². The van der Waals surface area contributed by atoms with Crippen LogP contribution in [-0.4, -0.2) is 39.1 Å². The zero-order chi connectivity index (χ0) is 22.3. The Morgan fingerprint density at radius 2 is 1.70 bits per heavy atom. The topological polar surface area (TPSA) is 95.6 Å². The van der Waals surface area contributed by atoms with Gasteiger partial charge in [-0.15, -0.1) is 0 Å². The Bertz CT molecular complexity index is 1010. The van der Waals surface area contributed by atoms with Crippen LogP contribution in [0.3, 0.4) is 0 Å². The maximum absolute atomic E-state index is 14.4. The van der Waals surface area contributed by atoms with Gasteiger partial charge in [0.2, 0.25) is 15.9 Å². The number of carbonyl (C=O) groups is 2. The largest absolute Gasteiger partial charge is 0.352 e. The van der Waals surface area contributed by atoms with Crippen LogP contribution >= 0.6 is 0 Å². The molecule has 0 saturated heterocycles. The first-order valence-electron chi connectivity index (χ1n) is 9.62. The molecule has 30 heavy (non-hydrogen) atoms. The summed E-state index contributed by atoms with van der Waals surface area (Å²) < 4.78 is 40.0. The van der Waals surface area contributed by atoms with Gasteiger partial charge in [-0.3, -0.25) is 13.9 Å². The summed E-state index contributed by atoms with van der Waals surface area (Å²) in [7, 11) is -3.97. The molecule has 0 saturated carbocycles. The number of nitrogens with one attached hydrogen (secondary N) is 2. The number of carbonyl (C=O) groups excluding carboxylic acids is 2. The lowest BCUT2D eigenvalue weighted by molar-refractivity contribution is -0.117. The fraction of sp³-hybridized carbons (Fsp3) is 0.333. The molecule has 0 aliphatic carbocycles. The highest BCUT2D eigenvalue weighted by Crippen LogP contribution is 2.26. The maximum atomic E-state index is 14.4. The molecule has 0 spiro atoms. The summed E-state index contributed by atoms with van der Waals surface area (Å²) in [5.74, 6) is -1.77. The van der Waals surface area contributed by atoms with Gasteiger partial charge in [-0.25, -0.2) is 12.8 Å². The zero-order valence-electron chi connectivity index (χ0n) is 17.2. The quantitative estimate of drug-likeness (QED) is 0.633. The number of benzene rings is 2. The fourth-order valence-electron chi connectivity index (χ4n) is 3.01. The molecule has 2 N–H and O–H groups in total. The van der Waals surface area contributed by atoms with Crippen molar-refractivity contribution in [1.82, 2.24) is 5.32 Å². The molecule has 162 valence electrons. The molecule has 0 bridgehead atoms. The van der Waals surface area contributed by atoms with Gasteiger partial charge in [-0.1, -0.05) is 38.1 Å². The summed E-state index contributed by atoms with van der Waals surface area (Å²) in [4.78, 5) is 25.4. The Morgan fingerprint density at radius 3 is 2.30 bits per heavy atom. The normalized spacial score (nSPS) is 12.1. The van der Waals surface area contributed by atoms with Crippen molar-refractivity contribution in [2.45, 2.75) is 32.7 Å². The minimum Gasteiger partial charge on any atom is -0.352 e. The van der Waals surface area contributed by atoms with Crippen LogP contribution in [0.5, 0.6) is 0 Å². The van der Waals surface area contributed by atoms with E-state index < -0.39 is 27.8 Å². The van der Waals surface area contributed by atoms with Gasteiger partial charge in [0.1, 0.15) is 11.9 Å². The van der Waals surface area contributed by atoms with Gasteiger partial charge < -0.3 is 10.6 Å². The highest BCUT2D eigenvalue weighted by Gasteiger charge is 2.33. The number of hydrogen-bond acceptors (Lipinski definition) is 4. The molecule has 1 atom stereocenters. The molecule has 0 radical (unpaired) electrons. The van der Waals surface area contributed by atoms with E-state index in [0.29, 0.717) is 6.54 Å². The number of sulfonamides is 1. The second kappa shape index (κ2) is 10.2. The van der Waals surface area contributed by atoms with Crippen molar-refractivity contribution in [3.63, 3.8) is 0 Å². The fourth-order valence-corrected chi connectivity index (χ4v) is 4.22. The molecule has 7 nitrogen and oxygen atoms in total. The van der Waals surface area contributed by atoms with E-state index in [1.54, 1.807) is 31.2 Å². The van der Waals surface area contributed by atoms with Crippen LogP contribution in [0.2, 0.25) is 0 Å². The third kappa shape index (κ3) is 5.56. The number of anilines is 2. The lowest BCUT2D eigenvalue weighted by Crippen LogP contribution is -2.47. The predicted octanol–water partition coefficient (Wildman–Crippen LogP) is 3.15. The van der Waals surface area contributed by atoms with Crippen LogP contribution in [-0.2, 0) is 14.8 Å². The van der Waals surface area contributed by atoms with E-state index in [1.165, 1.54) is 18.2 Å². The molecule has 0 aliphatic heterocycles. The van der Waals surface area contributed by atoms with Crippen molar-refractivity contribution in [2.24, 2.45) is 0 Å². The van der Waals surface area contributed by atoms with E-state index in [-0.39, 0.29) is 29.3 Å². The molecule has 2 aromatic carbocycles. The minimum atomic E-state index is -3.97. The van der Waals surface area contributed by atoms with Gasteiger partial charge in [0.25, 0.3) is 5.91 Å². The summed E-state index contributed by atoms with van der Waals surface area (Å²) >= 11 is 0. The smallest absolute Gasteiger partial charge is 0.253 e. The van der Waals surface area contributed by atoms with Crippen LogP contribution in [0.15, 0.2) is 48.5 Å². The van der Waals surface area contributed by atoms with E-state index in [0.717, 1.165) is 23.0 Å². The Morgan fingerprint density at radius 1 is 1.07 bits per heavy atom. The van der Waals surface area contributed by atoms with Crippen molar-refractivity contribution in [2.75, 3.05) is 22.4 Å². The molecule has 0 aliphatic rings. The third-order valence-corrected chi connectivity index (χ3v) is 5.55. The molecule has 2 aromatic rings. The first kappa shape index (κ1) is 23.3. The summed E-state index contributed by atoms with van der Waals surface area (Å²) in [6.07, 6.45) is 1.77. The lowest BCUT2D eigenvalue weighted by atomic mass is 10.1. The average Bonchev–Trinajstić information content (AvgIpc) is 2.70. The first-order valence-corrected chi connectivity index (χ1v) is 11.5. The standard InChI is InChI=1S/C21H26FN3O4S/c1-4-14-23-20(26)15-10-6-8-12-17(15)24-21(27)18(5-2)25(30(3,28)29)19-13-9-7-11-16(19)22/h6-13,18H,4-5,14H2,1-3H3,(H,23,26)(H,24,27)/t18-/m1/s1. The Labute approximate surface area is 176 Å². The maximum Gasteiger partial charge on any atom is 0.253 e. The van der Waals surface area contributed by atoms with E-state index in [4.69, 9.17) is 0 Å². The predicted molar refractivity (Wildman–Crippen MR) is 115 cm³/mol. The summed E-state index contributed by atoms with van der Waals surface area (Å²) in [6, 6.07) is 10.6. The molecule has 0 aromatic heterocycles. The van der Waals surface area contributed by atoms with Gasteiger partial charge in [0.15, 0.2) is 0 Å². The third-order valence-electron chi connectivity index (χ3n) is 4.38. The zero-order valence-corrected chi connectivity index (χ0v) is 18.0. The average molecular weight is 436 g/mol. The van der Waals surface area contributed by atoms with Crippen molar-refractivity contribution in [3.8, 4) is 0 Å². The van der Waals surface area contributed by atoms with E-state index >= 15 is 0 Å². The van der Waals surface area contributed by atoms with Gasteiger partial charge in [0.05, 0.1) is 23.2 Å². The molecule has 0 unspecified atom stereocenters. The van der Waals surface area contributed by atoms with Crippen LogP contribution in [0, 0.1) is 5.82 Å². The highest BCUT2D eigenvalue weighted by molar-refractivity contribution is 7.92. The Balaban J connectivity index is 2.39. The molecular formula is C21H26FN3O4S. The highest BCUT2D eigenvalue weighted by atomic mass is 32.2. The number of nitrogens with zero attached hydrogens (tertiary/aromatic N) is 1. The second-order valence-electron chi connectivity index (χ2n) is 6.73. The molecule has 0 fully saturated rings. The van der Waals surface area contributed by atoms with Crippen LogP contribution in [0.1, 0.15) is 37.0 Å². The first-order chi connectivity index (χ1) is 14.2. The van der Waals surface area contributed by atoms with Crippen LogP contribution in [0.4, 0.5) is 15.8 Å². The van der Waals surface area contributed by atoms with Gasteiger partial charge in [-0.2, -0.15) is 0 Å². The van der Waals surface area contributed by atoms with Gasteiger partial charge in [0, 0.05) is 6.54 Å². The Kier molecular flexibility index (Phi) is 7.93. The summed E-state index contributed by atoms with van der Waals surface area (Å²) in [5.41, 5.74) is 0.290. The molecule has 2 amide bonds. The SMILES string of the molecule is CCCNC(=O)c1ccccc1NC(=O)[C@@H](CC)N(c1ccccc1F)S(C)(=O)=O. The number of hydrogen-bond donors (Lipinski definition) is 2. The monoisotopic (exact) mass is 435 g/mol. The van der Waals surface area contributed by atoms with E-state index in [1.807, 2.05) is 6.92 Å². The number of halogens is 1. The minimum absolute atomic E-state index is 0.0947. The van der Waals surface area contributed by atoms with Crippen molar-refractivity contribution < 1.29 is 22.4 Å². The van der Waals surface area contributed by atoms with Crippen molar-refractivity contribution >= 4 is 33.2 Å². The van der Waals surface area contributed by atoms with Gasteiger partial charge in [-0.05, 0) is 37.1 Å². The summed E-state index contributed by atoms with van der Waals surface area (Å²) in [5, 5.41) is 5.37. The Hall–Kier alpha value is -2.94. The van der Waals surface area contributed by atoms with E-state index in [9.17, 15) is 22.4 Å². The second-order valence-corrected chi connectivity index (χ2v) is 8.58. The molecular weight excluding hydrogens is 409 g/mol. The van der Waals surface area contributed by atoms with Crippen molar-refractivity contribution in [1.29, 1.82) is 0 Å². The van der Waals surface area contributed by atoms with E-state index in [2.05, 4.69) is 10.6 Å². The van der Waals surface area contributed by atoms with Crippen LogP contribution < -0.4 is 14.9 Å². The molecule has 2 rings (SSSR count). The number of rotatable bonds is 9. The van der Waals surface area contributed by atoms with Gasteiger partial charge >= 0.3 is 0 Å². The lowest BCUT2D eigenvalue weighted by Gasteiger charge is -2.30.